The Morgan fingerprint density at radius 3 is 2.73 bits per heavy atom. The minimum atomic E-state index is -3.02. The quantitative estimate of drug-likeness (QED) is 0.300. The third-order valence-corrected chi connectivity index (χ3v) is 7.72. The number of benzene rings is 1. The molecule has 41 heavy (non-hydrogen) atoms. The molecule has 0 spiro atoms. The number of para-hydroxylation sites is 1. The number of nitrogens with zero attached hydrogens (tertiary/aromatic N) is 6. The van der Waals surface area contributed by atoms with Gasteiger partial charge >= 0.3 is 5.97 Å². The predicted molar refractivity (Wildman–Crippen MR) is 141 cm³/mol. The van der Waals surface area contributed by atoms with Gasteiger partial charge in [0.1, 0.15) is 28.9 Å². The largest absolute Gasteiger partial charge is 0.480 e. The first-order valence-electron chi connectivity index (χ1n) is 12.8. The van der Waals surface area contributed by atoms with Crippen LogP contribution in [0.25, 0.3) is 22.1 Å². The van der Waals surface area contributed by atoms with Gasteiger partial charge < -0.3 is 24.1 Å². The molecule has 2 fully saturated rings. The summed E-state index contributed by atoms with van der Waals surface area (Å²) in [6.07, 6.45) is -0.582. The molecular weight excluding hydrogens is 565 g/mol. The van der Waals surface area contributed by atoms with Gasteiger partial charge in [-0.05, 0) is 18.2 Å². The van der Waals surface area contributed by atoms with Crippen LogP contribution < -0.4 is 9.64 Å². The lowest BCUT2D eigenvalue weighted by atomic mass is 9.87. The number of piperidine rings is 1. The average molecular weight is 587 g/mol. The van der Waals surface area contributed by atoms with Gasteiger partial charge in [0.25, 0.3) is 6.43 Å². The van der Waals surface area contributed by atoms with E-state index in [1.54, 1.807) is 24.3 Å². The van der Waals surface area contributed by atoms with Crippen molar-refractivity contribution in [3.8, 4) is 12.1 Å². The van der Waals surface area contributed by atoms with Crippen molar-refractivity contribution in [3.05, 3.63) is 52.9 Å². The topological polar surface area (TPSA) is 129 Å². The van der Waals surface area contributed by atoms with Crippen molar-refractivity contribution in [3.63, 3.8) is 0 Å². The number of nitriles is 1. The van der Waals surface area contributed by atoms with Gasteiger partial charge in [0.05, 0.1) is 17.1 Å². The van der Waals surface area contributed by atoms with Crippen LogP contribution in [0, 0.1) is 11.5 Å². The molecule has 0 unspecified atom stereocenters. The first-order chi connectivity index (χ1) is 19.7. The zero-order chi connectivity index (χ0) is 28.9. The summed E-state index contributed by atoms with van der Waals surface area (Å²) >= 11 is 6.15. The number of ether oxygens (including phenoxy) is 1. The van der Waals surface area contributed by atoms with E-state index in [0.717, 1.165) is 0 Å². The molecule has 0 amide bonds. The number of aromatic nitrogens is 3. The van der Waals surface area contributed by atoms with Gasteiger partial charge in [-0.2, -0.15) is 5.26 Å². The predicted octanol–water partition coefficient (Wildman–Crippen LogP) is 5.21. The van der Waals surface area contributed by atoms with Gasteiger partial charge in [-0.25, -0.2) is 32.9 Å². The van der Waals surface area contributed by atoms with Crippen LogP contribution in [0.2, 0.25) is 5.02 Å². The summed E-state index contributed by atoms with van der Waals surface area (Å²) in [6.45, 7) is 0.309. The van der Waals surface area contributed by atoms with Gasteiger partial charge in [0.2, 0.25) is 5.88 Å². The second kappa shape index (κ2) is 10.3. The van der Waals surface area contributed by atoms with E-state index in [1.165, 1.54) is 22.1 Å². The standard InChI is InChI=1S/C27H22ClF3N6O4/c28-14-9-17(27(31)5-7-36(13-32)8-6-27)25(33-11-14)40-15-10-18(26(38)39)37(12-15)24-21-20(34-23(35-24)22(29)30)16-3-1-2-4-19(16)41-21/h1-4,9,11,15,18,22H,5-8,10,12H2,(H,38,39)/t15-,18-/m0/s1. The fourth-order valence-corrected chi connectivity index (χ4v) is 5.62. The number of furan rings is 1. The molecule has 0 bridgehead atoms. The van der Waals surface area contributed by atoms with E-state index < -0.39 is 36.0 Å². The van der Waals surface area contributed by atoms with E-state index >= 15 is 4.39 Å². The van der Waals surface area contributed by atoms with Crippen molar-refractivity contribution in [2.45, 2.75) is 43.5 Å². The summed E-state index contributed by atoms with van der Waals surface area (Å²) in [5, 5.41) is 19.9. The van der Waals surface area contributed by atoms with Crippen LogP contribution in [0.3, 0.4) is 0 Å². The van der Waals surface area contributed by atoms with Crippen molar-refractivity contribution in [2.24, 2.45) is 0 Å². The SMILES string of the molecule is N#CN1CCC(F)(c2cc(Cl)cnc2O[C@H]2C[C@@H](C(=O)O)N(c3nc(C(F)F)nc4c3oc3ccccc34)C2)CC1. The number of pyridine rings is 1. The number of alkyl halides is 3. The van der Waals surface area contributed by atoms with Gasteiger partial charge in [-0.3, -0.25) is 0 Å². The lowest BCUT2D eigenvalue weighted by molar-refractivity contribution is -0.138. The Labute approximate surface area is 235 Å². The number of aliphatic carboxylic acids is 1. The number of halogens is 4. The van der Waals surface area contributed by atoms with Gasteiger partial charge in [-0.1, -0.05) is 23.7 Å². The zero-order valence-corrected chi connectivity index (χ0v) is 22.1. The molecule has 6 rings (SSSR count). The van der Waals surface area contributed by atoms with Crippen LogP contribution in [-0.4, -0.2) is 62.7 Å². The smallest absolute Gasteiger partial charge is 0.326 e. The summed E-state index contributed by atoms with van der Waals surface area (Å²) in [6, 6.07) is 6.94. The Kier molecular flexibility index (Phi) is 6.73. The number of carboxylic acids is 1. The molecule has 2 aliphatic rings. The number of likely N-dealkylation sites (tertiary alicyclic amines) is 1. The molecule has 2 atom stereocenters. The maximum atomic E-state index is 16.2. The highest BCUT2D eigenvalue weighted by molar-refractivity contribution is 6.30. The van der Waals surface area contributed by atoms with E-state index in [1.807, 2.05) is 6.19 Å². The highest BCUT2D eigenvalue weighted by atomic mass is 35.5. The van der Waals surface area contributed by atoms with Crippen LogP contribution in [-0.2, 0) is 10.5 Å². The lowest BCUT2D eigenvalue weighted by Gasteiger charge is -2.34. The highest BCUT2D eigenvalue weighted by Gasteiger charge is 2.44. The van der Waals surface area contributed by atoms with Crippen molar-refractivity contribution in [1.29, 1.82) is 5.26 Å². The Morgan fingerprint density at radius 1 is 1.27 bits per heavy atom. The van der Waals surface area contributed by atoms with Crippen LogP contribution in [0.5, 0.6) is 5.88 Å². The first kappa shape index (κ1) is 26.9. The number of carbonyl (C=O) groups is 1. The summed E-state index contributed by atoms with van der Waals surface area (Å²) in [7, 11) is 0. The minimum absolute atomic E-state index is 0.00879. The molecule has 5 heterocycles. The van der Waals surface area contributed by atoms with Crippen LogP contribution in [0.4, 0.5) is 19.0 Å². The second-order valence-electron chi connectivity index (χ2n) is 10.0. The molecule has 0 radical (unpaired) electrons. The molecule has 14 heteroatoms. The fourth-order valence-electron chi connectivity index (χ4n) is 5.47. The third-order valence-electron chi connectivity index (χ3n) is 7.51. The van der Waals surface area contributed by atoms with Crippen LogP contribution in [0.1, 0.15) is 37.1 Å². The number of fused-ring (bicyclic) bond motifs is 3. The Morgan fingerprint density at radius 2 is 2.02 bits per heavy atom. The van der Waals surface area contributed by atoms with Crippen molar-refractivity contribution in [1.82, 2.24) is 19.9 Å². The number of hydrogen-bond donors (Lipinski definition) is 1. The van der Waals surface area contributed by atoms with Crippen LogP contribution >= 0.6 is 11.6 Å². The van der Waals surface area contributed by atoms with Crippen molar-refractivity contribution >= 4 is 45.5 Å². The minimum Gasteiger partial charge on any atom is -0.480 e. The molecule has 4 aromatic rings. The molecule has 2 saturated heterocycles. The average Bonchev–Trinajstić information content (AvgIpc) is 3.55. The van der Waals surface area contributed by atoms with Crippen molar-refractivity contribution < 1.29 is 32.2 Å². The molecule has 3 aromatic heterocycles. The maximum Gasteiger partial charge on any atom is 0.326 e. The van der Waals surface area contributed by atoms with Gasteiger partial charge in [0, 0.05) is 43.9 Å². The zero-order valence-electron chi connectivity index (χ0n) is 21.3. The molecule has 1 aromatic carbocycles. The summed E-state index contributed by atoms with van der Waals surface area (Å²) in [5.74, 6) is -2.15. The summed E-state index contributed by atoms with van der Waals surface area (Å²) in [4.78, 5) is 27.3. The highest BCUT2D eigenvalue weighted by Crippen LogP contribution is 2.43. The molecule has 212 valence electrons. The molecule has 2 aliphatic heterocycles. The van der Waals surface area contributed by atoms with E-state index in [4.69, 9.17) is 26.0 Å². The number of rotatable bonds is 6. The van der Waals surface area contributed by atoms with Gasteiger partial charge in [-0.15, -0.1) is 0 Å². The molecule has 0 saturated carbocycles. The fraction of sp³-hybridized carbons (Fsp3) is 0.370. The Balaban J connectivity index is 1.36. The number of hydrogen-bond acceptors (Lipinski definition) is 9. The molecule has 1 N–H and O–H groups in total. The van der Waals surface area contributed by atoms with E-state index in [9.17, 15) is 18.7 Å². The monoisotopic (exact) mass is 586 g/mol. The van der Waals surface area contributed by atoms with E-state index in [0.29, 0.717) is 11.0 Å². The summed E-state index contributed by atoms with van der Waals surface area (Å²) < 4.78 is 55.8. The lowest BCUT2D eigenvalue weighted by Crippen LogP contribution is -2.38. The summed E-state index contributed by atoms with van der Waals surface area (Å²) in [5.41, 5.74) is -1.17. The third kappa shape index (κ3) is 4.82. The second-order valence-corrected chi connectivity index (χ2v) is 10.5. The molecule has 10 nitrogen and oxygen atoms in total. The molecular formula is C27H22ClF3N6O4. The van der Waals surface area contributed by atoms with Crippen LogP contribution in [0.15, 0.2) is 40.9 Å². The Bertz CT molecular complexity index is 1690. The van der Waals surface area contributed by atoms with E-state index in [-0.39, 0.29) is 72.3 Å². The maximum absolute atomic E-state index is 16.2. The normalized spacial score (nSPS) is 20.6. The Hall–Kier alpha value is -4.31. The van der Waals surface area contributed by atoms with E-state index in [2.05, 4.69) is 15.0 Å². The molecule has 0 aliphatic carbocycles. The number of anilines is 1. The number of carboxylic acid groups (broad SMARTS) is 1. The van der Waals surface area contributed by atoms with Gasteiger partial charge in [0.15, 0.2) is 23.4 Å². The first-order valence-corrected chi connectivity index (χ1v) is 13.2. The van der Waals surface area contributed by atoms with Crippen molar-refractivity contribution in [2.75, 3.05) is 24.5 Å².